The summed E-state index contributed by atoms with van der Waals surface area (Å²) in [7, 11) is 0. The van der Waals surface area contributed by atoms with Crippen LogP contribution in [0.2, 0.25) is 0 Å². The molecule has 0 saturated carbocycles. The summed E-state index contributed by atoms with van der Waals surface area (Å²) in [5, 5.41) is 0. The number of pyridine rings is 1. The van der Waals surface area contributed by atoms with E-state index in [1.807, 2.05) is 12.1 Å². The summed E-state index contributed by atoms with van der Waals surface area (Å²) < 4.78 is 0. The molecule has 2 N–H and O–H groups in total. The highest BCUT2D eigenvalue weighted by atomic mass is 14.6. The molecule has 2 rings (SSSR count). The molecule has 0 unspecified atom stereocenters. The smallest absolute Gasteiger partial charge is 0.0271 e. The highest BCUT2D eigenvalue weighted by Crippen LogP contribution is 2.00. The summed E-state index contributed by atoms with van der Waals surface area (Å²) in [6.07, 6.45) is 5.93. The number of hydrogen-bond donors (Lipinski definition) is 1. The Bertz CT molecular complexity index is 384. The van der Waals surface area contributed by atoms with Crippen LogP contribution in [0.1, 0.15) is 24.5 Å². The molecule has 2 nitrogen and oxygen atoms in total. The van der Waals surface area contributed by atoms with Gasteiger partial charge in [0, 0.05) is 18.9 Å². The molecule has 0 bridgehead atoms. The summed E-state index contributed by atoms with van der Waals surface area (Å²) in [5.41, 5.74) is 7.89. The Morgan fingerprint density at radius 3 is 2.06 bits per heavy atom. The van der Waals surface area contributed by atoms with E-state index in [1.54, 1.807) is 12.4 Å². The van der Waals surface area contributed by atoms with Gasteiger partial charge in [-0.2, -0.15) is 0 Å². The van der Waals surface area contributed by atoms with Gasteiger partial charge in [-0.15, -0.1) is 0 Å². The number of rotatable bonds is 3. The van der Waals surface area contributed by atoms with Crippen molar-refractivity contribution in [3.63, 3.8) is 0 Å². The third kappa shape index (κ3) is 5.83. The molecule has 17 heavy (non-hydrogen) atoms. The highest BCUT2D eigenvalue weighted by Gasteiger charge is 1.84. The minimum atomic E-state index is 0.600. The molecular formula is C15H20N2. The van der Waals surface area contributed by atoms with Gasteiger partial charge in [0.1, 0.15) is 0 Å². The van der Waals surface area contributed by atoms with E-state index < -0.39 is 0 Å². The van der Waals surface area contributed by atoms with Crippen LogP contribution in [-0.4, -0.2) is 4.98 Å². The van der Waals surface area contributed by atoms with E-state index in [4.69, 9.17) is 5.73 Å². The Morgan fingerprint density at radius 1 is 0.941 bits per heavy atom. The van der Waals surface area contributed by atoms with Gasteiger partial charge in [0.2, 0.25) is 0 Å². The number of aryl methyl sites for hydroxylation is 1. The zero-order valence-electron chi connectivity index (χ0n) is 10.3. The molecule has 0 radical (unpaired) electrons. The third-order valence-corrected chi connectivity index (χ3v) is 2.37. The van der Waals surface area contributed by atoms with Crippen molar-refractivity contribution in [2.45, 2.75) is 26.3 Å². The largest absolute Gasteiger partial charge is 0.326 e. The Labute approximate surface area is 104 Å². The van der Waals surface area contributed by atoms with Gasteiger partial charge in [-0.05, 0) is 29.7 Å². The van der Waals surface area contributed by atoms with E-state index in [2.05, 4.69) is 42.2 Å². The molecule has 0 aliphatic heterocycles. The van der Waals surface area contributed by atoms with Gasteiger partial charge in [0.25, 0.3) is 0 Å². The lowest BCUT2D eigenvalue weighted by Gasteiger charge is -1.93. The summed E-state index contributed by atoms with van der Waals surface area (Å²) >= 11 is 0. The SMILES string of the molecule is CCCc1ccccc1.NCc1ccncc1. The molecule has 1 aromatic carbocycles. The van der Waals surface area contributed by atoms with E-state index in [-0.39, 0.29) is 0 Å². The molecule has 0 aliphatic carbocycles. The lowest BCUT2D eigenvalue weighted by atomic mass is 10.1. The van der Waals surface area contributed by atoms with Crippen molar-refractivity contribution in [2.75, 3.05) is 0 Å². The van der Waals surface area contributed by atoms with Crippen molar-refractivity contribution in [3.05, 3.63) is 66.0 Å². The predicted molar refractivity (Wildman–Crippen MR) is 72.6 cm³/mol. The molecule has 2 aromatic rings. The first-order chi connectivity index (χ1) is 8.36. The number of nitrogens with zero attached hydrogens (tertiary/aromatic N) is 1. The average Bonchev–Trinajstić information content (AvgIpc) is 2.42. The highest BCUT2D eigenvalue weighted by molar-refractivity contribution is 5.14. The van der Waals surface area contributed by atoms with Gasteiger partial charge in [-0.1, -0.05) is 43.7 Å². The van der Waals surface area contributed by atoms with Crippen LogP contribution in [0.25, 0.3) is 0 Å². The second-order valence-electron chi connectivity index (χ2n) is 3.80. The first kappa shape index (κ1) is 13.4. The molecule has 0 spiro atoms. The van der Waals surface area contributed by atoms with Crippen LogP contribution in [0, 0.1) is 0 Å². The molecule has 0 fully saturated rings. The standard InChI is InChI=1S/C9H12.C6H8N2/c1-2-6-9-7-4-3-5-8-9;7-5-6-1-3-8-4-2-6/h3-5,7-8H,2,6H2,1H3;1-4H,5,7H2. The van der Waals surface area contributed by atoms with Crippen molar-refractivity contribution < 1.29 is 0 Å². The summed E-state index contributed by atoms with van der Waals surface area (Å²) in [5.74, 6) is 0. The summed E-state index contributed by atoms with van der Waals surface area (Å²) in [6, 6.07) is 14.4. The van der Waals surface area contributed by atoms with Gasteiger partial charge in [0.15, 0.2) is 0 Å². The van der Waals surface area contributed by atoms with Crippen molar-refractivity contribution in [1.82, 2.24) is 4.98 Å². The van der Waals surface area contributed by atoms with E-state index in [1.165, 1.54) is 18.4 Å². The molecule has 0 atom stereocenters. The van der Waals surface area contributed by atoms with E-state index >= 15 is 0 Å². The van der Waals surface area contributed by atoms with Crippen LogP contribution in [0.15, 0.2) is 54.9 Å². The second-order valence-corrected chi connectivity index (χ2v) is 3.80. The fourth-order valence-corrected chi connectivity index (χ4v) is 1.45. The lowest BCUT2D eigenvalue weighted by molar-refractivity contribution is 0.922. The summed E-state index contributed by atoms with van der Waals surface area (Å²) in [4.78, 5) is 3.84. The molecule has 0 aliphatic rings. The van der Waals surface area contributed by atoms with Crippen molar-refractivity contribution >= 4 is 0 Å². The van der Waals surface area contributed by atoms with Crippen molar-refractivity contribution in [2.24, 2.45) is 5.73 Å². The molecule has 90 valence electrons. The molecule has 2 heteroatoms. The maximum Gasteiger partial charge on any atom is 0.0271 e. The molecule has 1 heterocycles. The van der Waals surface area contributed by atoms with Crippen LogP contribution < -0.4 is 5.73 Å². The number of nitrogens with two attached hydrogens (primary N) is 1. The van der Waals surface area contributed by atoms with Gasteiger partial charge in [-0.25, -0.2) is 0 Å². The Balaban J connectivity index is 0.000000171. The van der Waals surface area contributed by atoms with Gasteiger partial charge < -0.3 is 5.73 Å². The Morgan fingerprint density at radius 2 is 1.59 bits per heavy atom. The fraction of sp³-hybridized carbons (Fsp3) is 0.267. The van der Waals surface area contributed by atoms with Gasteiger partial charge in [0.05, 0.1) is 0 Å². The van der Waals surface area contributed by atoms with Crippen LogP contribution in [0.4, 0.5) is 0 Å². The van der Waals surface area contributed by atoms with Gasteiger partial charge >= 0.3 is 0 Å². The number of aromatic nitrogens is 1. The topological polar surface area (TPSA) is 38.9 Å². The van der Waals surface area contributed by atoms with E-state index in [0.29, 0.717) is 6.54 Å². The summed E-state index contributed by atoms with van der Waals surface area (Å²) in [6.45, 7) is 2.80. The monoisotopic (exact) mass is 228 g/mol. The maximum atomic E-state index is 5.32. The van der Waals surface area contributed by atoms with Crippen molar-refractivity contribution in [3.8, 4) is 0 Å². The minimum absolute atomic E-state index is 0.600. The van der Waals surface area contributed by atoms with Crippen LogP contribution >= 0.6 is 0 Å². The van der Waals surface area contributed by atoms with Crippen LogP contribution in [0.3, 0.4) is 0 Å². The lowest BCUT2D eigenvalue weighted by Crippen LogP contribution is -1.94. The average molecular weight is 228 g/mol. The predicted octanol–water partition coefficient (Wildman–Crippen LogP) is 3.18. The fourth-order valence-electron chi connectivity index (χ4n) is 1.45. The quantitative estimate of drug-likeness (QED) is 0.876. The molecular weight excluding hydrogens is 208 g/mol. The van der Waals surface area contributed by atoms with E-state index in [0.717, 1.165) is 5.56 Å². The normalized spacial score (nSPS) is 9.29. The third-order valence-electron chi connectivity index (χ3n) is 2.37. The first-order valence-corrected chi connectivity index (χ1v) is 5.99. The zero-order chi connectivity index (χ0) is 12.3. The second kappa shape index (κ2) is 8.48. The minimum Gasteiger partial charge on any atom is -0.326 e. The van der Waals surface area contributed by atoms with Gasteiger partial charge in [-0.3, -0.25) is 4.98 Å². The molecule has 1 aromatic heterocycles. The van der Waals surface area contributed by atoms with Crippen LogP contribution in [0.5, 0.6) is 0 Å². The maximum absolute atomic E-state index is 5.32. The van der Waals surface area contributed by atoms with Crippen molar-refractivity contribution in [1.29, 1.82) is 0 Å². The number of hydrogen-bond acceptors (Lipinski definition) is 2. The van der Waals surface area contributed by atoms with Crippen LogP contribution in [-0.2, 0) is 13.0 Å². The molecule has 0 amide bonds. The Kier molecular flexibility index (Phi) is 6.68. The number of benzene rings is 1. The first-order valence-electron chi connectivity index (χ1n) is 5.99. The zero-order valence-corrected chi connectivity index (χ0v) is 10.3. The molecule has 0 saturated heterocycles. The Hall–Kier alpha value is -1.67. The van der Waals surface area contributed by atoms with E-state index in [9.17, 15) is 0 Å².